The smallest absolute Gasteiger partial charge is 0.298 e. The SMILES string of the molecule is CCCCc1ccc(NC(=O)C(=O)c2c(-c3ccccc3)cc3ccccn23)cc1. The molecular formula is C26H24N2O2. The second-order valence-corrected chi connectivity index (χ2v) is 7.35. The highest BCUT2D eigenvalue weighted by Gasteiger charge is 2.24. The van der Waals surface area contributed by atoms with Crippen molar-refractivity contribution in [3.63, 3.8) is 0 Å². The minimum absolute atomic E-state index is 0.369. The summed E-state index contributed by atoms with van der Waals surface area (Å²) >= 11 is 0. The Labute approximate surface area is 176 Å². The summed E-state index contributed by atoms with van der Waals surface area (Å²) < 4.78 is 1.78. The summed E-state index contributed by atoms with van der Waals surface area (Å²) in [4.78, 5) is 26.0. The molecule has 4 aromatic rings. The van der Waals surface area contributed by atoms with E-state index < -0.39 is 11.7 Å². The van der Waals surface area contributed by atoms with Crippen LogP contribution in [0.25, 0.3) is 16.6 Å². The van der Waals surface area contributed by atoms with Gasteiger partial charge in [0.2, 0.25) is 0 Å². The van der Waals surface area contributed by atoms with Gasteiger partial charge < -0.3 is 9.72 Å². The Bertz CT molecular complexity index is 1170. The van der Waals surface area contributed by atoms with E-state index in [1.54, 1.807) is 4.40 Å². The molecule has 0 unspecified atom stereocenters. The van der Waals surface area contributed by atoms with Crippen molar-refractivity contribution in [1.29, 1.82) is 0 Å². The van der Waals surface area contributed by atoms with Crippen molar-refractivity contribution in [2.75, 3.05) is 5.32 Å². The molecule has 0 aliphatic heterocycles. The minimum atomic E-state index is -0.641. The summed E-state index contributed by atoms with van der Waals surface area (Å²) in [7, 11) is 0. The average molecular weight is 396 g/mol. The van der Waals surface area contributed by atoms with Gasteiger partial charge in [0, 0.05) is 23.0 Å². The first-order chi connectivity index (χ1) is 14.7. The number of anilines is 1. The largest absolute Gasteiger partial charge is 0.319 e. The molecule has 1 amide bonds. The van der Waals surface area contributed by atoms with E-state index in [0.717, 1.165) is 35.9 Å². The number of nitrogens with one attached hydrogen (secondary N) is 1. The lowest BCUT2D eigenvalue weighted by Crippen LogP contribution is -2.24. The van der Waals surface area contributed by atoms with Gasteiger partial charge in [-0.05, 0) is 54.3 Å². The molecule has 0 aliphatic carbocycles. The third-order valence-corrected chi connectivity index (χ3v) is 5.22. The zero-order valence-corrected chi connectivity index (χ0v) is 17.0. The number of ketones is 1. The Morgan fingerprint density at radius 1 is 0.900 bits per heavy atom. The molecule has 0 radical (unpaired) electrons. The molecule has 4 nitrogen and oxygen atoms in total. The van der Waals surface area contributed by atoms with Crippen LogP contribution in [0, 0.1) is 0 Å². The third-order valence-electron chi connectivity index (χ3n) is 5.22. The number of rotatable bonds is 7. The lowest BCUT2D eigenvalue weighted by atomic mass is 10.0. The highest BCUT2D eigenvalue weighted by molar-refractivity contribution is 6.47. The maximum atomic E-state index is 13.2. The molecule has 0 atom stereocenters. The molecule has 0 aliphatic rings. The van der Waals surface area contributed by atoms with Crippen molar-refractivity contribution >= 4 is 22.9 Å². The predicted molar refractivity (Wildman–Crippen MR) is 121 cm³/mol. The standard InChI is InChI=1S/C26H24N2O2/c1-2-3-9-19-13-15-21(16-14-19)27-26(30)25(29)24-23(20-10-5-4-6-11-20)18-22-12-7-8-17-28(22)24/h4-8,10-18H,2-3,9H2,1H3,(H,27,30). The molecule has 0 spiro atoms. The number of unbranched alkanes of at least 4 members (excludes halogenated alkanes) is 1. The maximum Gasteiger partial charge on any atom is 0.298 e. The van der Waals surface area contributed by atoms with Crippen molar-refractivity contribution in [3.8, 4) is 11.1 Å². The summed E-state index contributed by atoms with van der Waals surface area (Å²) in [5, 5.41) is 2.75. The van der Waals surface area contributed by atoms with Gasteiger partial charge >= 0.3 is 0 Å². The number of hydrogen-bond donors (Lipinski definition) is 1. The van der Waals surface area contributed by atoms with E-state index in [1.807, 2.05) is 85.1 Å². The van der Waals surface area contributed by atoms with Crippen LogP contribution < -0.4 is 5.32 Å². The van der Waals surface area contributed by atoms with Gasteiger partial charge in [-0.3, -0.25) is 9.59 Å². The van der Waals surface area contributed by atoms with E-state index in [4.69, 9.17) is 0 Å². The van der Waals surface area contributed by atoms with Gasteiger partial charge in [-0.15, -0.1) is 0 Å². The molecule has 4 heteroatoms. The molecule has 2 aromatic heterocycles. The predicted octanol–water partition coefficient (Wildman–Crippen LogP) is 5.77. The van der Waals surface area contributed by atoms with Crippen LogP contribution in [-0.4, -0.2) is 16.1 Å². The summed E-state index contributed by atoms with van der Waals surface area (Å²) in [6.07, 6.45) is 5.10. The van der Waals surface area contributed by atoms with Gasteiger partial charge in [0.15, 0.2) is 0 Å². The summed E-state index contributed by atoms with van der Waals surface area (Å²) in [5.41, 5.74) is 4.73. The summed E-state index contributed by atoms with van der Waals surface area (Å²) in [6.45, 7) is 2.16. The van der Waals surface area contributed by atoms with Crippen molar-refractivity contribution in [2.24, 2.45) is 0 Å². The van der Waals surface area contributed by atoms with E-state index in [-0.39, 0.29) is 0 Å². The van der Waals surface area contributed by atoms with Gasteiger partial charge in [-0.1, -0.05) is 61.9 Å². The molecule has 2 aromatic carbocycles. The Morgan fingerprint density at radius 2 is 1.63 bits per heavy atom. The van der Waals surface area contributed by atoms with Crippen LogP contribution >= 0.6 is 0 Å². The number of hydrogen-bond acceptors (Lipinski definition) is 2. The molecule has 4 rings (SSSR count). The highest BCUT2D eigenvalue weighted by Crippen LogP contribution is 2.28. The van der Waals surface area contributed by atoms with Crippen LogP contribution in [0.15, 0.2) is 85.1 Å². The second-order valence-electron chi connectivity index (χ2n) is 7.35. The van der Waals surface area contributed by atoms with Crippen LogP contribution in [0.3, 0.4) is 0 Å². The molecule has 30 heavy (non-hydrogen) atoms. The normalized spacial score (nSPS) is 10.8. The first-order valence-electron chi connectivity index (χ1n) is 10.3. The molecule has 0 bridgehead atoms. The van der Waals surface area contributed by atoms with Gasteiger partial charge in [-0.25, -0.2) is 0 Å². The van der Waals surface area contributed by atoms with Gasteiger partial charge in [0.05, 0.1) is 0 Å². The van der Waals surface area contributed by atoms with E-state index in [2.05, 4.69) is 12.2 Å². The number of Topliss-reactive ketones (excluding diaryl/α,β-unsaturated/α-hetero) is 1. The number of nitrogens with zero attached hydrogens (tertiary/aromatic N) is 1. The Morgan fingerprint density at radius 3 is 2.37 bits per heavy atom. The van der Waals surface area contributed by atoms with Crippen molar-refractivity contribution in [2.45, 2.75) is 26.2 Å². The topological polar surface area (TPSA) is 50.6 Å². The Hall–Kier alpha value is -3.66. The first kappa shape index (κ1) is 19.6. The van der Waals surface area contributed by atoms with Crippen LogP contribution in [0.4, 0.5) is 5.69 Å². The molecule has 150 valence electrons. The number of carbonyl (C=O) groups is 2. The molecule has 0 saturated heterocycles. The number of amides is 1. The van der Waals surface area contributed by atoms with Crippen molar-refractivity contribution in [1.82, 2.24) is 4.40 Å². The van der Waals surface area contributed by atoms with Gasteiger partial charge in [0.25, 0.3) is 11.7 Å². The quantitative estimate of drug-likeness (QED) is 0.318. The fourth-order valence-corrected chi connectivity index (χ4v) is 3.62. The van der Waals surface area contributed by atoms with Gasteiger partial charge in [0.1, 0.15) is 5.69 Å². The zero-order valence-electron chi connectivity index (χ0n) is 17.0. The highest BCUT2D eigenvalue weighted by atomic mass is 16.2. The molecule has 2 heterocycles. The van der Waals surface area contributed by atoms with Crippen LogP contribution in [-0.2, 0) is 11.2 Å². The minimum Gasteiger partial charge on any atom is -0.319 e. The van der Waals surface area contributed by atoms with Crippen LogP contribution in [0.2, 0.25) is 0 Å². The maximum absolute atomic E-state index is 13.2. The van der Waals surface area contributed by atoms with Crippen molar-refractivity contribution in [3.05, 3.63) is 96.3 Å². The number of benzene rings is 2. The lowest BCUT2D eigenvalue weighted by molar-refractivity contribution is -0.112. The third kappa shape index (κ3) is 4.03. The number of aryl methyl sites for hydroxylation is 1. The molecular weight excluding hydrogens is 372 g/mol. The van der Waals surface area contributed by atoms with Gasteiger partial charge in [-0.2, -0.15) is 0 Å². The molecule has 0 fully saturated rings. The fourth-order valence-electron chi connectivity index (χ4n) is 3.62. The molecule has 1 N–H and O–H groups in total. The van der Waals surface area contributed by atoms with E-state index in [0.29, 0.717) is 11.4 Å². The number of aromatic nitrogens is 1. The fraction of sp³-hybridized carbons (Fsp3) is 0.154. The van der Waals surface area contributed by atoms with Crippen LogP contribution in [0.5, 0.6) is 0 Å². The Balaban J connectivity index is 1.63. The van der Waals surface area contributed by atoms with E-state index in [9.17, 15) is 9.59 Å². The van der Waals surface area contributed by atoms with E-state index in [1.165, 1.54) is 5.56 Å². The first-order valence-corrected chi connectivity index (χ1v) is 10.3. The zero-order chi connectivity index (χ0) is 20.9. The lowest BCUT2D eigenvalue weighted by Gasteiger charge is -2.08. The number of carbonyl (C=O) groups excluding carboxylic acids is 2. The summed E-state index contributed by atoms with van der Waals surface area (Å²) in [6, 6.07) is 25.0. The summed E-state index contributed by atoms with van der Waals surface area (Å²) in [5.74, 6) is -1.20. The molecule has 0 saturated carbocycles. The monoisotopic (exact) mass is 396 g/mol. The number of fused-ring (bicyclic) bond motifs is 1. The van der Waals surface area contributed by atoms with E-state index >= 15 is 0 Å². The second kappa shape index (κ2) is 8.78. The van der Waals surface area contributed by atoms with Crippen LogP contribution in [0.1, 0.15) is 35.8 Å². The Kier molecular flexibility index (Phi) is 5.75. The number of pyridine rings is 1. The average Bonchev–Trinajstić information content (AvgIpc) is 3.18. The van der Waals surface area contributed by atoms with Crippen molar-refractivity contribution < 1.29 is 9.59 Å².